The molecule has 0 aromatic heterocycles. The molecule has 24 heavy (non-hydrogen) atoms. The average Bonchev–Trinajstić information content (AvgIpc) is 2.56. The summed E-state index contributed by atoms with van der Waals surface area (Å²) in [5, 5.41) is 2.94. The van der Waals surface area contributed by atoms with Crippen LogP contribution in [0.1, 0.15) is 28.4 Å². The van der Waals surface area contributed by atoms with Crippen LogP contribution in [0.2, 0.25) is 0 Å². The fourth-order valence-corrected chi connectivity index (χ4v) is 2.98. The topological polar surface area (TPSA) is 47.6 Å². The van der Waals surface area contributed by atoms with Crippen LogP contribution in [-0.4, -0.2) is 26.2 Å². The van der Waals surface area contributed by atoms with E-state index in [1.807, 2.05) is 13.0 Å². The van der Waals surface area contributed by atoms with Gasteiger partial charge in [-0.2, -0.15) is 0 Å². The van der Waals surface area contributed by atoms with E-state index in [4.69, 9.17) is 9.47 Å². The highest BCUT2D eigenvalue weighted by Crippen LogP contribution is 2.36. The van der Waals surface area contributed by atoms with Crippen LogP contribution >= 0.6 is 15.9 Å². The number of rotatable bonds is 7. The van der Waals surface area contributed by atoms with Gasteiger partial charge in [0, 0.05) is 12.1 Å². The highest BCUT2D eigenvalue weighted by Gasteiger charge is 2.15. The van der Waals surface area contributed by atoms with Crippen molar-refractivity contribution in [3.8, 4) is 11.5 Å². The number of carbonyl (C=O) groups excluding carboxylic acids is 1. The van der Waals surface area contributed by atoms with Gasteiger partial charge in [-0.3, -0.25) is 4.79 Å². The molecule has 2 rings (SSSR count). The lowest BCUT2D eigenvalue weighted by Gasteiger charge is -2.13. The number of aryl methyl sites for hydroxylation is 1. The van der Waals surface area contributed by atoms with Gasteiger partial charge >= 0.3 is 0 Å². The molecule has 0 heterocycles. The monoisotopic (exact) mass is 391 g/mol. The number of halogens is 1. The minimum atomic E-state index is -0.135. The second-order valence-electron chi connectivity index (χ2n) is 5.42. The van der Waals surface area contributed by atoms with Crippen LogP contribution in [0.5, 0.6) is 11.5 Å². The molecular formula is C19H22BrNO3. The summed E-state index contributed by atoms with van der Waals surface area (Å²) < 4.78 is 11.6. The lowest BCUT2D eigenvalue weighted by molar-refractivity contribution is 0.0953. The zero-order chi connectivity index (χ0) is 17.5. The van der Waals surface area contributed by atoms with Gasteiger partial charge in [0.1, 0.15) is 0 Å². The molecule has 0 spiro atoms. The Bertz CT molecular complexity index is 716. The van der Waals surface area contributed by atoms with Crippen LogP contribution in [0, 0.1) is 6.92 Å². The zero-order valence-corrected chi connectivity index (χ0v) is 15.8. The van der Waals surface area contributed by atoms with Crippen LogP contribution in [0.4, 0.5) is 0 Å². The third-order valence-electron chi connectivity index (χ3n) is 3.56. The smallest absolute Gasteiger partial charge is 0.251 e. The van der Waals surface area contributed by atoms with Gasteiger partial charge in [0.2, 0.25) is 0 Å². The van der Waals surface area contributed by atoms with Gasteiger partial charge in [-0.15, -0.1) is 0 Å². The molecule has 0 bridgehead atoms. The number of hydrogen-bond donors (Lipinski definition) is 1. The first-order valence-corrected chi connectivity index (χ1v) is 8.68. The summed E-state index contributed by atoms with van der Waals surface area (Å²) in [7, 11) is 1.56. The Labute approximate surface area is 151 Å². The standard InChI is InChI=1S/C19H22BrNO3/c1-4-24-18-16(20)11-15(12-17(18)23-3)19(22)21-9-8-14-7-5-6-13(2)10-14/h5-7,10-12H,4,8-9H2,1-3H3,(H,21,22). The molecular weight excluding hydrogens is 370 g/mol. The first-order chi connectivity index (χ1) is 11.5. The maximum atomic E-state index is 12.4. The Morgan fingerprint density at radius 3 is 2.71 bits per heavy atom. The molecule has 0 aliphatic rings. The van der Waals surface area contributed by atoms with Gasteiger partial charge in [0.25, 0.3) is 5.91 Å². The van der Waals surface area contributed by atoms with Crippen molar-refractivity contribution in [3.05, 3.63) is 57.6 Å². The van der Waals surface area contributed by atoms with Crippen LogP contribution in [0.25, 0.3) is 0 Å². The van der Waals surface area contributed by atoms with E-state index in [-0.39, 0.29) is 5.91 Å². The van der Waals surface area contributed by atoms with Crippen molar-refractivity contribution < 1.29 is 14.3 Å². The van der Waals surface area contributed by atoms with Gasteiger partial charge < -0.3 is 14.8 Å². The molecule has 0 aliphatic heterocycles. The van der Waals surface area contributed by atoms with Crippen molar-refractivity contribution in [3.63, 3.8) is 0 Å². The van der Waals surface area contributed by atoms with E-state index < -0.39 is 0 Å². The molecule has 2 aromatic rings. The van der Waals surface area contributed by atoms with Crippen molar-refractivity contribution in [1.29, 1.82) is 0 Å². The quantitative estimate of drug-likeness (QED) is 0.771. The zero-order valence-electron chi connectivity index (χ0n) is 14.2. The molecule has 128 valence electrons. The van der Waals surface area contributed by atoms with E-state index in [1.165, 1.54) is 11.1 Å². The largest absolute Gasteiger partial charge is 0.493 e. The lowest BCUT2D eigenvalue weighted by Crippen LogP contribution is -2.25. The van der Waals surface area contributed by atoms with Gasteiger partial charge in [-0.05, 0) is 53.9 Å². The second kappa shape index (κ2) is 8.73. The molecule has 0 aliphatic carbocycles. The van der Waals surface area contributed by atoms with Crippen molar-refractivity contribution in [2.45, 2.75) is 20.3 Å². The second-order valence-corrected chi connectivity index (χ2v) is 6.27. The minimum absolute atomic E-state index is 0.135. The summed E-state index contributed by atoms with van der Waals surface area (Å²) >= 11 is 3.44. The van der Waals surface area contributed by atoms with Crippen molar-refractivity contribution in [1.82, 2.24) is 5.32 Å². The van der Waals surface area contributed by atoms with Crippen LogP contribution < -0.4 is 14.8 Å². The predicted octanol–water partition coefficient (Wildman–Crippen LogP) is 4.14. The maximum absolute atomic E-state index is 12.4. The summed E-state index contributed by atoms with van der Waals surface area (Å²) in [5.74, 6) is 1.01. The number of nitrogens with one attached hydrogen (secondary N) is 1. The van der Waals surface area contributed by atoms with Crippen LogP contribution in [0.15, 0.2) is 40.9 Å². The van der Waals surface area contributed by atoms with Gasteiger partial charge in [-0.1, -0.05) is 29.8 Å². The van der Waals surface area contributed by atoms with Crippen molar-refractivity contribution in [2.75, 3.05) is 20.3 Å². The van der Waals surface area contributed by atoms with E-state index in [0.29, 0.717) is 34.7 Å². The van der Waals surface area contributed by atoms with Gasteiger partial charge in [0.15, 0.2) is 11.5 Å². The van der Waals surface area contributed by atoms with E-state index in [9.17, 15) is 4.79 Å². The molecule has 0 atom stereocenters. The average molecular weight is 392 g/mol. The molecule has 5 heteroatoms. The highest BCUT2D eigenvalue weighted by atomic mass is 79.9. The Morgan fingerprint density at radius 2 is 2.04 bits per heavy atom. The summed E-state index contributed by atoms with van der Waals surface area (Å²) in [5.41, 5.74) is 2.96. The molecule has 0 fully saturated rings. The fourth-order valence-electron chi connectivity index (χ4n) is 2.43. The van der Waals surface area contributed by atoms with E-state index in [1.54, 1.807) is 19.2 Å². The number of ether oxygens (including phenoxy) is 2. The minimum Gasteiger partial charge on any atom is -0.493 e. The third kappa shape index (κ3) is 4.74. The Hall–Kier alpha value is -2.01. The normalized spacial score (nSPS) is 10.3. The Balaban J connectivity index is 2.03. The predicted molar refractivity (Wildman–Crippen MR) is 99.1 cm³/mol. The molecule has 1 N–H and O–H groups in total. The van der Waals surface area contributed by atoms with Gasteiger partial charge in [0.05, 0.1) is 18.2 Å². The summed E-state index contributed by atoms with van der Waals surface area (Å²) in [4.78, 5) is 12.4. The Kier molecular flexibility index (Phi) is 6.67. The van der Waals surface area contributed by atoms with E-state index >= 15 is 0 Å². The SMILES string of the molecule is CCOc1c(Br)cc(C(=O)NCCc2cccc(C)c2)cc1OC. The third-order valence-corrected chi connectivity index (χ3v) is 4.15. The Morgan fingerprint density at radius 1 is 1.25 bits per heavy atom. The lowest BCUT2D eigenvalue weighted by atomic mass is 10.1. The van der Waals surface area contributed by atoms with Gasteiger partial charge in [-0.25, -0.2) is 0 Å². The van der Waals surface area contributed by atoms with E-state index in [0.717, 1.165) is 6.42 Å². The molecule has 1 amide bonds. The molecule has 0 saturated carbocycles. The summed E-state index contributed by atoms with van der Waals surface area (Å²) in [6, 6.07) is 11.7. The van der Waals surface area contributed by atoms with Crippen LogP contribution in [0.3, 0.4) is 0 Å². The van der Waals surface area contributed by atoms with Crippen molar-refractivity contribution >= 4 is 21.8 Å². The maximum Gasteiger partial charge on any atom is 0.251 e. The number of amides is 1. The first kappa shape index (κ1) is 18.3. The first-order valence-electron chi connectivity index (χ1n) is 7.89. The molecule has 0 saturated heterocycles. The summed E-state index contributed by atoms with van der Waals surface area (Å²) in [6.07, 6.45) is 0.794. The summed E-state index contributed by atoms with van der Waals surface area (Å²) in [6.45, 7) is 5.07. The van der Waals surface area contributed by atoms with Crippen molar-refractivity contribution in [2.24, 2.45) is 0 Å². The molecule has 2 aromatic carbocycles. The number of methoxy groups -OCH3 is 1. The highest BCUT2D eigenvalue weighted by molar-refractivity contribution is 9.10. The number of carbonyl (C=O) groups is 1. The molecule has 0 unspecified atom stereocenters. The number of hydrogen-bond acceptors (Lipinski definition) is 3. The van der Waals surface area contributed by atoms with Crippen LogP contribution in [-0.2, 0) is 6.42 Å². The number of benzene rings is 2. The van der Waals surface area contributed by atoms with E-state index in [2.05, 4.69) is 46.4 Å². The fraction of sp³-hybridized carbons (Fsp3) is 0.316. The molecule has 0 radical (unpaired) electrons. The molecule has 4 nitrogen and oxygen atoms in total.